The van der Waals surface area contributed by atoms with Crippen LogP contribution in [-0.4, -0.2) is 8.42 Å². The van der Waals surface area contributed by atoms with E-state index in [9.17, 15) is 16.8 Å². The molecule has 1 aromatic rings. The number of anilines is 1. The fraction of sp³-hybridized carbons (Fsp3) is 0. The first kappa shape index (κ1) is 12.2. The number of halogens is 2. The number of nitrogens with two attached hydrogens (primary N) is 1. The number of benzene rings is 1. The van der Waals surface area contributed by atoms with Gasteiger partial charge in [-0.25, -0.2) is 0 Å². The van der Waals surface area contributed by atoms with Crippen LogP contribution in [0.4, 0.5) is 14.1 Å². The first-order valence-electron chi connectivity index (χ1n) is 3.40. The van der Waals surface area contributed by atoms with Gasteiger partial charge in [-0.2, -0.15) is 8.42 Å². The Morgan fingerprint density at radius 1 is 1.33 bits per heavy atom. The second-order valence-electron chi connectivity index (χ2n) is 2.39. The van der Waals surface area contributed by atoms with Crippen molar-refractivity contribution >= 4 is 28.0 Å². The van der Waals surface area contributed by atoms with Crippen LogP contribution >= 0.6 is 12.0 Å². The largest absolute Gasteiger partial charge is 0.399 e. The van der Waals surface area contributed by atoms with E-state index >= 15 is 0 Å². The Morgan fingerprint density at radius 2 is 2.00 bits per heavy atom. The lowest BCUT2D eigenvalue weighted by atomic mass is 10.3. The molecule has 9 heteroatoms. The molecule has 1 rings (SSSR count). The molecule has 0 saturated carbocycles. The molecule has 0 aliphatic rings. The predicted octanol–water partition coefficient (Wildman–Crippen LogP) is 1.77. The van der Waals surface area contributed by atoms with Gasteiger partial charge in [0.2, 0.25) is 0 Å². The van der Waals surface area contributed by atoms with Gasteiger partial charge in [-0.05, 0) is 27.8 Å². The summed E-state index contributed by atoms with van der Waals surface area (Å²) in [6.07, 6.45) is 0. The highest BCUT2D eigenvalue weighted by molar-refractivity contribution is 7.94. The van der Waals surface area contributed by atoms with Crippen molar-refractivity contribution in [3.05, 3.63) is 18.2 Å². The van der Waals surface area contributed by atoms with Crippen molar-refractivity contribution in [1.82, 2.24) is 0 Å². The third kappa shape index (κ3) is 3.63. The van der Waals surface area contributed by atoms with E-state index in [0.29, 0.717) is 12.0 Å². The summed E-state index contributed by atoms with van der Waals surface area (Å²) in [6.45, 7) is 0. The molecule has 15 heavy (non-hydrogen) atoms. The highest BCUT2D eigenvalue weighted by Gasteiger charge is 2.14. The minimum atomic E-state index is -4.86. The van der Waals surface area contributed by atoms with E-state index in [-0.39, 0.29) is 10.6 Å². The van der Waals surface area contributed by atoms with E-state index in [1.807, 2.05) is 0 Å². The Morgan fingerprint density at radius 3 is 2.53 bits per heavy atom. The highest BCUT2D eigenvalue weighted by Crippen LogP contribution is 2.26. The van der Waals surface area contributed by atoms with E-state index in [1.165, 1.54) is 6.07 Å². The average Bonchev–Trinajstić information content (AvgIpc) is 2.12. The fourth-order valence-electron chi connectivity index (χ4n) is 0.835. The Bertz CT molecular complexity index is 450. The summed E-state index contributed by atoms with van der Waals surface area (Å²) in [4.78, 5) is -0.545. The molecule has 0 heterocycles. The number of hydrogen-bond donors (Lipinski definition) is 1. The van der Waals surface area contributed by atoms with Crippen molar-refractivity contribution in [3.8, 4) is 0 Å². The SMILES string of the molecule is Nc1cc(SOOF)cc(S(=O)(=O)F)c1. The van der Waals surface area contributed by atoms with E-state index < -0.39 is 15.1 Å². The highest BCUT2D eigenvalue weighted by atomic mass is 32.3. The molecule has 1 aromatic carbocycles. The van der Waals surface area contributed by atoms with Crippen LogP contribution in [0.15, 0.2) is 28.0 Å². The Kier molecular flexibility index (Phi) is 3.85. The Balaban J connectivity index is 3.06. The van der Waals surface area contributed by atoms with Crippen molar-refractivity contribution in [2.24, 2.45) is 0 Å². The summed E-state index contributed by atoms with van der Waals surface area (Å²) in [5, 5.41) is 2.79. The first-order chi connectivity index (χ1) is 6.93. The van der Waals surface area contributed by atoms with E-state index in [2.05, 4.69) is 9.43 Å². The molecular formula is C6H5F2NO4S2. The molecule has 0 spiro atoms. The number of nitrogen functional groups attached to an aromatic ring is 1. The van der Waals surface area contributed by atoms with E-state index in [0.717, 1.165) is 12.1 Å². The van der Waals surface area contributed by atoms with E-state index in [1.54, 1.807) is 0 Å². The quantitative estimate of drug-likeness (QED) is 0.291. The zero-order chi connectivity index (χ0) is 11.5. The Hall–Kier alpha value is -0.900. The lowest BCUT2D eigenvalue weighted by molar-refractivity contribution is -0.358. The van der Waals surface area contributed by atoms with Gasteiger partial charge < -0.3 is 5.73 Å². The molecule has 0 unspecified atom stereocenters. The summed E-state index contributed by atoms with van der Waals surface area (Å²) in [5.74, 6) is 0. The first-order valence-corrected chi connectivity index (χ1v) is 5.53. The van der Waals surface area contributed by atoms with Gasteiger partial charge in [-0.15, -0.1) is 8.22 Å². The molecule has 0 aromatic heterocycles. The maximum Gasteiger partial charge on any atom is 0.332 e. The van der Waals surface area contributed by atoms with Crippen LogP contribution in [0.5, 0.6) is 0 Å². The molecule has 84 valence electrons. The predicted molar refractivity (Wildman–Crippen MR) is 48.3 cm³/mol. The lowest BCUT2D eigenvalue weighted by Crippen LogP contribution is -1.95. The summed E-state index contributed by atoms with van der Waals surface area (Å²) >= 11 is 0.357. The topological polar surface area (TPSA) is 78.6 Å². The second-order valence-corrected chi connectivity index (χ2v) is 4.51. The van der Waals surface area contributed by atoms with Crippen LogP contribution in [0, 0.1) is 0 Å². The summed E-state index contributed by atoms with van der Waals surface area (Å²) in [5.41, 5.74) is 5.29. The van der Waals surface area contributed by atoms with E-state index in [4.69, 9.17) is 5.73 Å². The average molecular weight is 257 g/mol. The van der Waals surface area contributed by atoms with Crippen LogP contribution in [-0.2, 0) is 19.6 Å². The Labute approximate surface area is 88.4 Å². The molecule has 0 aliphatic heterocycles. The fourth-order valence-corrected chi connectivity index (χ4v) is 1.92. The van der Waals surface area contributed by atoms with Crippen molar-refractivity contribution in [2.45, 2.75) is 9.79 Å². The minimum Gasteiger partial charge on any atom is -0.399 e. The summed E-state index contributed by atoms with van der Waals surface area (Å²) < 4.78 is 48.6. The molecule has 2 N–H and O–H groups in total. The molecule has 0 aliphatic carbocycles. The molecule has 0 saturated heterocycles. The smallest absolute Gasteiger partial charge is 0.332 e. The maximum absolute atomic E-state index is 12.6. The standard InChI is InChI=1S/C6H5F2NO4S2/c7-12-13-14-5-1-4(9)2-6(3-5)15(8,10)11/h1-3H,9H2. The van der Waals surface area contributed by atoms with Gasteiger partial charge in [0, 0.05) is 10.6 Å². The third-order valence-corrected chi connectivity index (χ3v) is 2.69. The molecule has 5 nitrogen and oxygen atoms in total. The lowest BCUT2D eigenvalue weighted by Gasteiger charge is -2.01. The van der Waals surface area contributed by atoms with Gasteiger partial charge in [-0.3, -0.25) is 0 Å². The van der Waals surface area contributed by atoms with Crippen LogP contribution in [0.25, 0.3) is 0 Å². The van der Waals surface area contributed by atoms with Crippen LogP contribution in [0.3, 0.4) is 0 Å². The van der Waals surface area contributed by atoms with Crippen molar-refractivity contribution in [2.75, 3.05) is 5.73 Å². The summed E-state index contributed by atoms with van der Waals surface area (Å²) in [7, 11) is -4.86. The van der Waals surface area contributed by atoms with Crippen LogP contribution in [0.2, 0.25) is 0 Å². The molecule has 0 amide bonds. The second kappa shape index (κ2) is 4.75. The van der Waals surface area contributed by atoms with Gasteiger partial charge in [0.05, 0.1) is 12.0 Å². The third-order valence-electron chi connectivity index (χ3n) is 1.34. The molecule has 0 radical (unpaired) electrons. The zero-order valence-electron chi connectivity index (χ0n) is 7.01. The normalized spacial score (nSPS) is 11.6. The molecular weight excluding hydrogens is 252 g/mol. The zero-order valence-corrected chi connectivity index (χ0v) is 8.65. The van der Waals surface area contributed by atoms with Gasteiger partial charge in [0.25, 0.3) is 0 Å². The van der Waals surface area contributed by atoms with Gasteiger partial charge in [0.1, 0.15) is 4.90 Å². The van der Waals surface area contributed by atoms with Crippen molar-refractivity contribution in [3.63, 3.8) is 0 Å². The number of hydrogen-bond acceptors (Lipinski definition) is 6. The van der Waals surface area contributed by atoms with Crippen molar-refractivity contribution < 1.29 is 26.3 Å². The maximum atomic E-state index is 12.6. The summed E-state index contributed by atoms with van der Waals surface area (Å²) in [6, 6.07) is 3.11. The minimum absolute atomic E-state index is 0.00122. The molecule has 0 atom stereocenters. The monoisotopic (exact) mass is 257 g/mol. The van der Waals surface area contributed by atoms with Crippen LogP contribution in [0.1, 0.15) is 0 Å². The van der Waals surface area contributed by atoms with Gasteiger partial charge in [-0.1, -0.05) is 0 Å². The van der Waals surface area contributed by atoms with Crippen LogP contribution < -0.4 is 5.73 Å². The van der Waals surface area contributed by atoms with Gasteiger partial charge >= 0.3 is 10.2 Å². The molecule has 0 fully saturated rings. The molecule has 0 bridgehead atoms. The van der Waals surface area contributed by atoms with Crippen molar-refractivity contribution in [1.29, 1.82) is 0 Å². The van der Waals surface area contributed by atoms with Gasteiger partial charge in [0.15, 0.2) is 0 Å². The number of rotatable bonds is 4.